The van der Waals surface area contributed by atoms with Crippen LogP contribution in [0.3, 0.4) is 0 Å². The van der Waals surface area contributed by atoms with Gasteiger partial charge in [0, 0.05) is 19.4 Å². The first-order valence-electron chi connectivity index (χ1n) is 13.4. The van der Waals surface area contributed by atoms with Crippen molar-refractivity contribution in [2.24, 2.45) is 22.7 Å². The lowest BCUT2D eigenvalue weighted by Crippen LogP contribution is -2.63. The summed E-state index contributed by atoms with van der Waals surface area (Å²) in [7, 11) is 0. The van der Waals surface area contributed by atoms with Crippen LogP contribution in [-0.4, -0.2) is 47.8 Å². The molecule has 1 aliphatic heterocycles. The van der Waals surface area contributed by atoms with E-state index in [-0.39, 0.29) is 11.8 Å². The van der Waals surface area contributed by atoms with Gasteiger partial charge in [0.15, 0.2) is 0 Å². The van der Waals surface area contributed by atoms with Gasteiger partial charge in [-0.1, -0.05) is 56.4 Å². The molecule has 1 heterocycles. The monoisotopic (exact) mass is 538 g/mol. The molecule has 1 saturated carbocycles. The van der Waals surface area contributed by atoms with Crippen LogP contribution in [0.1, 0.15) is 64.2 Å². The van der Waals surface area contributed by atoms with E-state index in [9.17, 15) is 19.5 Å². The third-order valence-electron chi connectivity index (χ3n) is 8.83. The maximum atomic E-state index is 13.4. The highest BCUT2D eigenvalue weighted by Gasteiger charge is 2.72. The van der Waals surface area contributed by atoms with E-state index >= 15 is 0 Å². The van der Waals surface area contributed by atoms with E-state index in [1.165, 1.54) is 13.8 Å². The fourth-order valence-corrected chi connectivity index (χ4v) is 6.69. The van der Waals surface area contributed by atoms with Gasteiger partial charge in [-0.25, -0.2) is 4.79 Å². The molecule has 1 aromatic rings. The summed E-state index contributed by atoms with van der Waals surface area (Å²) < 4.78 is 23.7. The van der Waals surface area contributed by atoms with Crippen molar-refractivity contribution in [3.8, 4) is 0 Å². The smallest absolute Gasteiger partial charge is 0.338 e. The standard InChI is InChI=1S/C31H38O8/c1-7-18(2)13-14-30(6)19(3)15-26(38-27(35)22-11-9-8-10-12-22)31-24(16-23(34)17-25(30)31)28(36-20(4)32)39-29(31)37-21(5)33/h7-13,16,19,23,25-26,28-29,34H,1,14-15,17H2,2-6H3/b18-13+/t19-,23-,25+,26+,28+,29+,30-,31-/m0/s1. The van der Waals surface area contributed by atoms with Crippen LogP contribution in [0, 0.1) is 22.7 Å². The highest BCUT2D eigenvalue weighted by atomic mass is 16.8. The highest BCUT2D eigenvalue weighted by molar-refractivity contribution is 5.89. The number of aliphatic hydroxyl groups excluding tert-OH is 1. The van der Waals surface area contributed by atoms with Crippen molar-refractivity contribution in [3.63, 3.8) is 0 Å². The Morgan fingerprint density at radius 3 is 2.36 bits per heavy atom. The normalized spacial score (nSPS) is 35.6. The first-order chi connectivity index (χ1) is 18.4. The Balaban J connectivity index is 1.91. The summed E-state index contributed by atoms with van der Waals surface area (Å²) in [6.45, 7) is 12.6. The molecule has 1 spiro atoms. The fourth-order valence-electron chi connectivity index (χ4n) is 6.69. The Hall–Kier alpha value is -3.23. The SMILES string of the molecule is C=C/C(C)=C/C[C@]1(C)[C@H]2C[C@@H](O)C=C3[C@H](OC(C)=O)O[C@@H](OC(C)=O)[C@@]32[C@H](OC(=O)c2ccccc2)C[C@@H]1C. The summed E-state index contributed by atoms with van der Waals surface area (Å²) >= 11 is 0. The lowest BCUT2D eigenvalue weighted by Gasteiger charge is -2.60. The molecular formula is C31H38O8. The number of ether oxygens (including phenoxy) is 4. The molecule has 2 aliphatic carbocycles. The average Bonchev–Trinajstić information content (AvgIpc) is 3.17. The van der Waals surface area contributed by atoms with Crippen LogP contribution in [-0.2, 0) is 28.5 Å². The topological polar surface area (TPSA) is 108 Å². The van der Waals surface area contributed by atoms with Crippen molar-refractivity contribution in [2.45, 2.75) is 78.7 Å². The van der Waals surface area contributed by atoms with Crippen LogP contribution in [0.15, 0.2) is 66.3 Å². The van der Waals surface area contributed by atoms with Crippen molar-refractivity contribution >= 4 is 17.9 Å². The second kappa shape index (κ2) is 11.1. The molecule has 8 heteroatoms. The molecule has 0 aromatic heterocycles. The molecular weight excluding hydrogens is 500 g/mol. The molecule has 0 bridgehead atoms. The van der Waals surface area contributed by atoms with Gasteiger partial charge < -0.3 is 19.3 Å². The third-order valence-corrected chi connectivity index (χ3v) is 8.83. The number of carbonyl (C=O) groups is 3. The minimum absolute atomic E-state index is 0.0351. The van der Waals surface area contributed by atoms with Gasteiger partial charge in [0.1, 0.15) is 11.5 Å². The summed E-state index contributed by atoms with van der Waals surface area (Å²) in [6, 6.07) is 8.67. The van der Waals surface area contributed by atoms with Crippen molar-refractivity contribution < 1.29 is 38.4 Å². The zero-order valence-electron chi connectivity index (χ0n) is 23.2. The van der Waals surface area contributed by atoms with Gasteiger partial charge in [-0.15, -0.1) is 0 Å². The number of hydrogen-bond acceptors (Lipinski definition) is 8. The zero-order valence-corrected chi connectivity index (χ0v) is 23.2. The van der Waals surface area contributed by atoms with Crippen LogP contribution >= 0.6 is 0 Å². The number of aliphatic hydroxyl groups is 1. The molecule has 0 radical (unpaired) electrons. The molecule has 1 saturated heterocycles. The van der Waals surface area contributed by atoms with Crippen LogP contribution in [0.5, 0.6) is 0 Å². The van der Waals surface area contributed by atoms with Gasteiger partial charge in [0.05, 0.1) is 11.7 Å². The number of carbonyl (C=O) groups excluding carboxylic acids is 3. The molecule has 0 amide bonds. The predicted molar refractivity (Wildman–Crippen MR) is 143 cm³/mol. The van der Waals surface area contributed by atoms with Gasteiger partial charge in [0.2, 0.25) is 12.6 Å². The van der Waals surface area contributed by atoms with Gasteiger partial charge >= 0.3 is 17.9 Å². The number of esters is 3. The molecule has 4 rings (SSSR count). The molecule has 210 valence electrons. The number of rotatable bonds is 7. The van der Waals surface area contributed by atoms with E-state index in [4.69, 9.17) is 18.9 Å². The number of benzene rings is 1. The number of allylic oxidation sites excluding steroid dienone is 3. The Morgan fingerprint density at radius 2 is 1.74 bits per heavy atom. The van der Waals surface area contributed by atoms with E-state index < -0.39 is 53.5 Å². The van der Waals surface area contributed by atoms with Crippen molar-refractivity contribution in [3.05, 3.63) is 71.8 Å². The van der Waals surface area contributed by atoms with Gasteiger partial charge in [-0.05, 0) is 61.6 Å². The third kappa shape index (κ3) is 5.20. The maximum Gasteiger partial charge on any atom is 0.338 e. The second-order valence-electron chi connectivity index (χ2n) is 11.2. The molecule has 8 atom stereocenters. The van der Waals surface area contributed by atoms with E-state index in [0.717, 1.165) is 5.57 Å². The first kappa shape index (κ1) is 28.8. The summed E-state index contributed by atoms with van der Waals surface area (Å²) in [4.78, 5) is 37.8. The number of hydrogen-bond donors (Lipinski definition) is 1. The fraction of sp³-hybridized carbons (Fsp3) is 0.516. The Kier molecular flexibility index (Phi) is 8.19. The van der Waals surface area contributed by atoms with E-state index in [1.54, 1.807) is 36.4 Å². The highest BCUT2D eigenvalue weighted by Crippen LogP contribution is 2.67. The first-order valence-corrected chi connectivity index (χ1v) is 13.4. The Morgan fingerprint density at radius 1 is 1.08 bits per heavy atom. The molecule has 2 fully saturated rings. The van der Waals surface area contributed by atoms with Gasteiger partial charge in [-0.2, -0.15) is 0 Å². The van der Waals surface area contributed by atoms with Crippen molar-refractivity contribution in [1.29, 1.82) is 0 Å². The zero-order chi connectivity index (χ0) is 28.5. The molecule has 8 nitrogen and oxygen atoms in total. The predicted octanol–water partition coefficient (Wildman–Crippen LogP) is 4.88. The van der Waals surface area contributed by atoms with Crippen molar-refractivity contribution in [2.75, 3.05) is 0 Å². The average molecular weight is 539 g/mol. The van der Waals surface area contributed by atoms with E-state index in [1.807, 2.05) is 13.0 Å². The van der Waals surface area contributed by atoms with Crippen molar-refractivity contribution in [1.82, 2.24) is 0 Å². The second-order valence-corrected chi connectivity index (χ2v) is 11.2. The van der Waals surface area contributed by atoms with Crippen LogP contribution < -0.4 is 0 Å². The lowest BCUT2D eigenvalue weighted by atomic mass is 9.45. The van der Waals surface area contributed by atoms with Crippen LogP contribution in [0.2, 0.25) is 0 Å². The minimum atomic E-state index is -1.20. The minimum Gasteiger partial charge on any atom is -0.458 e. The van der Waals surface area contributed by atoms with Crippen LogP contribution in [0.4, 0.5) is 0 Å². The van der Waals surface area contributed by atoms with Crippen LogP contribution in [0.25, 0.3) is 0 Å². The largest absolute Gasteiger partial charge is 0.458 e. The maximum absolute atomic E-state index is 13.4. The molecule has 1 N–H and O–H groups in total. The Labute approximate surface area is 229 Å². The summed E-state index contributed by atoms with van der Waals surface area (Å²) in [5.41, 5.74) is 0.233. The molecule has 1 aromatic carbocycles. The van der Waals surface area contributed by atoms with E-state index in [2.05, 4.69) is 26.5 Å². The van der Waals surface area contributed by atoms with E-state index in [0.29, 0.717) is 30.4 Å². The molecule has 3 aliphatic rings. The lowest BCUT2D eigenvalue weighted by molar-refractivity contribution is -0.253. The summed E-state index contributed by atoms with van der Waals surface area (Å²) in [5, 5.41) is 11.1. The summed E-state index contributed by atoms with van der Waals surface area (Å²) in [6.07, 6.45) is 2.85. The quantitative estimate of drug-likeness (QED) is 0.226. The van der Waals surface area contributed by atoms with Gasteiger partial charge in [-0.3, -0.25) is 14.3 Å². The van der Waals surface area contributed by atoms with Gasteiger partial charge in [0.25, 0.3) is 0 Å². The summed E-state index contributed by atoms with van der Waals surface area (Å²) in [5.74, 6) is -2.03. The molecule has 0 unspecified atom stereocenters. The Bertz CT molecular complexity index is 1190. The molecule has 39 heavy (non-hydrogen) atoms.